The number of nitrogens with one attached hydrogen (secondary N) is 1. The third-order valence-electron chi connectivity index (χ3n) is 6.83. The number of amides is 2. The van der Waals surface area contributed by atoms with E-state index < -0.39 is 11.8 Å². The second kappa shape index (κ2) is 10.1. The van der Waals surface area contributed by atoms with Gasteiger partial charge in [-0.15, -0.1) is 0 Å². The summed E-state index contributed by atoms with van der Waals surface area (Å²) in [6.45, 7) is 6.24. The first-order valence-corrected chi connectivity index (χ1v) is 12.4. The van der Waals surface area contributed by atoms with Gasteiger partial charge in [-0.3, -0.25) is 9.59 Å². The van der Waals surface area contributed by atoms with E-state index in [2.05, 4.69) is 11.4 Å². The van der Waals surface area contributed by atoms with Gasteiger partial charge in [-0.25, -0.2) is 4.98 Å². The summed E-state index contributed by atoms with van der Waals surface area (Å²) in [6, 6.07) is 15.8. The lowest BCUT2D eigenvalue weighted by atomic mass is 9.86. The maximum absolute atomic E-state index is 12.7. The average molecular weight is 500 g/mol. The molecule has 0 atom stereocenters. The average Bonchev–Trinajstić information content (AvgIpc) is 3.44. The van der Waals surface area contributed by atoms with E-state index >= 15 is 0 Å². The molecular weight excluding hydrogens is 470 g/mol. The number of fused-ring (bicyclic) bond motifs is 1. The third kappa shape index (κ3) is 5.06. The van der Waals surface area contributed by atoms with Crippen LogP contribution in [-0.4, -0.2) is 53.5 Å². The largest absolute Gasteiger partial charge is 0.467 e. The molecule has 2 aliphatic rings. The Hall–Kier alpha value is -4.16. The van der Waals surface area contributed by atoms with Crippen molar-refractivity contribution in [2.45, 2.75) is 39.0 Å². The normalized spacial score (nSPS) is 16.6. The predicted molar refractivity (Wildman–Crippen MR) is 136 cm³/mol. The highest BCUT2D eigenvalue weighted by Crippen LogP contribution is 2.39. The molecule has 9 heteroatoms. The molecule has 1 aromatic carbocycles. The Kier molecular flexibility index (Phi) is 6.68. The number of nitrogens with zero attached hydrogens (tertiary/aromatic N) is 4. The molecule has 0 unspecified atom stereocenters. The summed E-state index contributed by atoms with van der Waals surface area (Å²) in [4.78, 5) is 33.7. The molecule has 0 aliphatic carbocycles. The van der Waals surface area contributed by atoms with Gasteiger partial charge in [-0.05, 0) is 31.5 Å². The molecule has 0 bridgehead atoms. The van der Waals surface area contributed by atoms with Gasteiger partial charge in [0.1, 0.15) is 17.6 Å². The number of carbonyl (C=O) groups is 2. The maximum atomic E-state index is 12.7. The van der Waals surface area contributed by atoms with Crippen LogP contribution in [-0.2, 0) is 33.9 Å². The van der Waals surface area contributed by atoms with Crippen LogP contribution in [0, 0.1) is 11.3 Å². The van der Waals surface area contributed by atoms with Gasteiger partial charge in [0, 0.05) is 43.7 Å². The Balaban J connectivity index is 1.38. The summed E-state index contributed by atoms with van der Waals surface area (Å²) in [5.74, 6) is -0.0412. The molecule has 2 aromatic heterocycles. The molecule has 3 aromatic rings. The number of rotatable bonds is 4. The highest BCUT2D eigenvalue weighted by Gasteiger charge is 2.34. The molecule has 1 N–H and O–H groups in total. The molecule has 1 fully saturated rings. The van der Waals surface area contributed by atoms with Crippen molar-refractivity contribution in [3.05, 3.63) is 71.2 Å². The highest BCUT2D eigenvalue weighted by atomic mass is 16.5. The molecule has 4 heterocycles. The number of nitriles is 1. The molecule has 0 radical (unpaired) electrons. The number of aromatic nitrogens is 1. The number of piperazine rings is 1. The number of furan rings is 1. The summed E-state index contributed by atoms with van der Waals surface area (Å²) < 4.78 is 11.3. The lowest BCUT2D eigenvalue weighted by Crippen LogP contribution is -2.53. The van der Waals surface area contributed by atoms with Crippen LogP contribution in [0.1, 0.15) is 36.3 Å². The highest BCUT2D eigenvalue weighted by molar-refractivity contribution is 6.35. The predicted octanol–water partition coefficient (Wildman–Crippen LogP) is 3.03. The quantitative estimate of drug-likeness (QED) is 0.549. The van der Waals surface area contributed by atoms with E-state index in [1.807, 2.05) is 49.1 Å². The number of carbonyl (C=O) groups excluding carboxylic acids is 2. The van der Waals surface area contributed by atoms with Crippen LogP contribution in [0.15, 0.2) is 53.1 Å². The van der Waals surface area contributed by atoms with Gasteiger partial charge in [0.15, 0.2) is 0 Å². The Morgan fingerprint density at radius 2 is 1.84 bits per heavy atom. The molecular formula is C28H29N5O4. The van der Waals surface area contributed by atoms with Gasteiger partial charge in [0.25, 0.3) is 0 Å². The second-order valence-electron chi connectivity index (χ2n) is 9.86. The van der Waals surface area contributed by atoms with Crippen LogP contribution in [0.5, 0.6) is 0 Å². The first kappa shape index (κ1) is 24.5. The van der Waals surface area contributed by atoms with Crippen molar-refractivity contribution < 1.29 is 18.7 Å². The van der Waals surface area contributed by atoms with Crippen molar-refractivity contribution in [3.63, 3.8) is 0 Å². The zero-order valence-electron chi connectivity index (χ0n) is 21.0. The Bertz CT molecular complexity index is 1340. The number of hydrogen-bond acceptors (Lipinski definition) is 7. The number of ether oxygens (including phenoxy) is 1. The minimum absolute atomic E-state index is 0.157. The Labute approximate surface area is 215 Å². The first-order chi connectivity index (χ1) is 17.9. The van der Waals surface area contributed by atoms with Crippen LogP contribution >= 0.6 is 0 Å². The van der Waals surface area contributed by atoms with E-state index in [0.717, 1.165) is 22.4 Å². The topological polar surface area (TPSA) is 112 Å². The fraction of sp³-hybridized carbons (Fsp3) is 0.357. The van der Waals surface area contributed by atoms with Crippen molar-refractivity contribution in [1.82, 2.24) is 15.2 Å². The zero-order valence-corrected chi connectivity index (χ0v) is 21.0. The number of anilines is 1. The molecule has 37 heavy (non-hydrogen) atoms. The van der Waals surface area contributed by atoms with E-state index in [0.29, 0.717) is 56.3 Å². The Morgan fingerprint density at radius 1 is 1.08 bits per heavy atom. The Morgan fingerprint density at radius 3 is 2.51 bits per heavy atom. The van der Waals surface area contributed by atoms with Crippen molar-refractivity contribution >= 4 is 17.6 Å². The van der Waals surface area contributed by atoms with Crippen molar-refractivity contribution in [2.24, 2.45) is 0 Å². The molecule has 190 valence electrons. The maximum Gasteiger partial charge on any atom is 0.312 e. The van der Waals surface area contributed by atoms with E-state index in [1.54, 1.807) is 12.1 Å². The van der Waals surface area contributed by atoms with Crippen molar-refractivity contribution in [2.75, 3.05) is 31.1 Å². The SMILES string of the molecule is CC1(C)Cc2c(C#N)c(N3CCN(C(=O)C(=O)NCc4ccco4)CC3)nc(-c3ccccc3)c2CO1. The summed E-state index contributed by atoms with van der Waals surface area (Å²) in [5, 5.41) is 12.8. The van der Waals surface area contributed by atoms with Crippen LogP contribution in [0.4, 0.5) is 5.82 Å². The van der Waals surface area contributed by atoms with Crippen molar-refractivity contribution in [1.29, 1.82) is 5.26 Å². The summed E-state index contributed by atoms with van der Waals surface area (Å²) in [6.07, 6.45) is 2.12. The summed E-state index contributed by atoms with van der Waals surface area (Å²) in [5.41, 5.74) is 3.87. The monoisotopic (exact) mass is 499 g/mol. The molecule has 5 rings (SSSR count). The smallest absolute Gasteiger partial charge is 0.312 e. The molecule has 0 saturated carbocycles. The lowest BCUT2D eigenvalue weighted by molar-refractivity contribution is -0.146. The first-order valence-electron chi connectivity index (χ1n) is 12.4. The van der Waals surface area contributed by atoms with Gasteiger partial charge >= 0.3 is 11.8 Å². The summed E-state index contributed by atoms with van der Waals surface area (Å²) in [7, 11) is 0. The third-order valence-corrected chi connectivity index (χ3v) is 6.83. The summed E-state index contributed by atoms with van der Waals surface area (Å²) >= 11 is 0. The molecule has 2 aliphatic heterocycles. The molecule has 9 nitrogen and oxygen atoms in total. The van der Waals surface area contributed by atoms with Gasteiger partial charge < -0.3 is 24.3 Å². The number of benzene rings is 1. The van der Waals surface area contributed by atoms with Crippen molar-refractivity contribution in [3.8, 4) is 17.3 Å². The second-order valence-corrected chi connectivity index (χ2v) is 9.86. The fourth-order valence-electron chi connectivity index (χ4n) is 4.86. The number of hydrogen-bond donors (Lipinski definition) is 1. The van der Waals surface area contributed by atoms with Gasteiger partial charge in [0.2, 0.25) is 0 Å². The van der Waals surface area contributed by atoms with Gasteiger partial charge in [-0.2, -0.15) is 5.26 Å². The van der Waals surface area contributed by atoms with Crippen LogP contribution in [0.25, 0.3) is 11.3 Å². The molecule has 2 amide bonds. The van der Waals surface area contributed by atoms with Crippen LogP contribution in [0.2, 0.25) is 0 Å². The van der Waals surface area contributed by atoms with E-state index in [1.165, 1.54) is 11.2 Å². The van der Waals surface area contributed by atoms with E-state index in [4.69, 9.17) is 14.1 Å². The lowest BCUT2D eigenvalue weighted by Gasteiger charge is -2.38. The number of pyridine rings is 1. The standard InChI is InChI=1S/C28H29N5O4/c1-28(2)15-21-22(16-29)25(31-24(23(21)18-37-28)19-7-4-3-5-8-19)32-10-12-33(13-11-32)27(35)26(34)30-17-20-9-6-14-36-20/h3-9,14H,10-13,15,17-18H2,1-2H3,(H,30,34). The minimum Gasteiger partial charge on any atom is -0.467 e. The molecule has 1 saturated heterocycles. The van der Waals surface area contributed by atoms with E-state index in [9.17, 15) is 14.9 Å². The van der Waals surface area contributed by atoms with Crippen LogP contribution in [0.3, 0.4) is 0 Å². The van der Waals surface area contributed by atoms with Crippen LogP contribution < -0.4 is 10.2 Å². The fourth-order valence-corrected chi connectivity index (χ4v) is 4.86. The van der Waals surface area contributed by atoms with E-state index in [-0.39, 0.29) is 12.1 Å². The minimum atomic E-state index is -0.664. The molecule has 0 spiro atoms. The van der Waals surface area contributed by atoms with Gasteiger partial charge in [0.05, 0.1) is 36.3 Å². The zero-order chi connectivity index (χ0) is 26.0. The van der Waals surface area contributed by atoms with Gasteiger partial charge in [-0.1, -0.05) is 30.3 Å².